The molecule has 1 heterocycles. The number of benzene rings is 2. The Labute approximate surface area is 209 Å². The van der Waals surface area contributed by atoms with Gasteiger partial charge in [-0.2, -0.15) is 0 Å². The van der Waals surface area contributed by atoms with Crippen molar-refractivity contribution >= 4 is 41.0 Å². The zero-order valence-corrected chi connectivity index (χ0v) is 20.4. The van der Waals surface area contributed by atoms with Gasteiger partial charge < -0.3 is 15.5 Å². The molecule has 1 aliphatic heterocycles. The van der Waals surface area contributed by atoms with Gasteiger partial charge in [0.2, 0.25) is 11.8 Å². The Morgan fingerprint density at radius 1 is 1.09 bits per heavy atom. The second-order valence-corrected chi connectivity index (χ2v) is 9.59. The van der Waals surface area contributed by atoms with Gasteiger partial charge in [0.25, 0.3) is 5.91 Å². The number of hydrogen-bond donors (Lipinski definition) is 2. The molecule has 184 valence electrons. The number of amides is 5. The molecule has 1 saturated carbocycles. The van der Waals surface area contributed by atoms with Crippen molar-refractivity contribution in [2.45, 2.75) is 50.1 Å². The van der Waals surface area contributed by atoms with E-state index in [0.717, 1.165) is 29.7 Å². The summed E-state index contributed by atoms with van der Waals surface area (Å²) in [6.45, 7) is -0.439. The Hall–Kier alpha value is -3.39. The molecule has 35 heavy (non-hydrogen) atoms. The minimum absolute atomic E-state index is 0.250. The summed E-state index contributed by atoms with van der Waals surface area (Å²) >= 11 is 6.09. The molecule has 1 unspecified atom stereocenters. The third kappa shape index (κ3) is 5.48. The highest BCUT2D eigenvalue weighted by atomic mass is 35.5. The second kappa shape index (κ2) is 10.5. The van der Waals surface area contributed by atoms with Crippen LogP contribution in [0.4, 0.5) is 10.5 Å². The Kier molecular flexibility index (Phi) is 7.40. The van der Waals surface area contributed by atoms with Crippen molar-refractivity contribution in [3.63, 3.8) is 0 Å². The number of nitrogens with zero attached hydrogens (tertiary/aromatic N) is 2. The van der Waals surface area contributed by atoms with Gasteiger partial charge in [-0.3, -0.25) is 19.3 Å². The van der Waals surface area contributed by atoms with E-state index in [9.17, 15) is 19.2 Å². The van der Waals surface area contributed by atoms with Crippen LogP contribution in [0.1, 0.15) is 37.7 Å². The van der Waals surface area contributed by atoms with Gasteiger partial charge in [0, 0.05) is 24.2 Å². The van der Waals surface area contributed by atoms with Gasteiger partial charge in [0.15, 0.2) is 0 Å². The summed E-state index contributed by atoms with van der Waals surface area (Å²) in [5, 5.41) is 6.05. The van der Waals surface area contributed by atoms with Gasteiger partial charge in [0.1, 0.15) is 18.1 Å². The van der Waals surface area contributed by atoms with Crippen molar-refractivity contribution in [2.24, 2.45) is 0 Å². The van der Waals surface area contributed by atoms with Gasteiger partial charge in [-0.15, -0.1) is 0 Å². The molecule has 1 atom stereocenters. The Balaban J connectivity index is 1.49. The number of anilines is 1. The second-order valence-electron chi connectivity index (χ2n) is 9.15. The number of urea groups is 1. The Morgan fingerprint density at radius 2 is 1.80 bits per heavy atom. The molecular weight excluding hydrogens is 468 g/mol. The van der Waals surface area contributed by atoms with Crippen LogP contribution in [0.5, 0.6) is 0 Å². The SMILES string of the molecule is CN(C(=O)C(Cc1ccccc1)NC(=O)CN1C(=O)NC2(CCCCC2)C1=O)c1cccc(Cl)c1. The molecule has 1 aliphatic carbocycles. The molecule has 1 spiro atoms. The molecule has 2 aromatic carbocycles. The summed E-state index contributed by atoms with van der Waals surface area (Å²) in [7, 11) is 1.61. The standard InChI is InChI=1S/C26H29ClN4O4/c1-30(20-12-8-11-19(27)16-20)23(33)21(15-18-9-4-2-5-10-18)28-22(32)17-31-24(34)26(29-25(31)35)13-6-3-7-14-26/h2,4-5,8-12,16,21H,3,6-7,13-15,17H2,1H3,(H,28,32)(H,29,35). The number of rotatable bonds is 7. The van der Waals surface area contributed by atoms with Crippen LogP contribution in [-0.2, 0) is 20.8 Å². The highest BCUT2D eigenvalue weighted by molar-refractivity contribution is 6.31. The molecule has 9 heteroatoms. The third-order valence-electron chi connectivity index (χ3n) is 6.70. The van der Waals surface area contributed by atoms with Crippen LogP contribution in [0.25, 0.3) is 0 Å². The van der Waals surface area contributed by atoms with Crippen LogP contribution in [0.2, 0.25) is 5.02 Å². The van der Waals surface area contributed by atoms with E-state index in [2.05, 4.69) is 10.6 Å². The van der Waals surface area contributed by atoms with Gasteiger partial charge in [-0.05, 0) is 36.6 Å². The zero-order chi connectivity index (χ0) is 25.0. The fourth-order valence-corrected chi connectivity index (χ4v) is 4.98. The molecular formula is C26H29ClN4O4. The van der Waals surface area contributed by atoms with Crippen LogP contribution >= 0.6 is 11.6 Å². The fraction of sp³-hybridized carbons (Fsp3) is 0.385. The van der Waals surface area contributed by atoms with Gasteiger partial charge in [-0.25, -0.2) is 4.79 Å². The normalized spacial score (nSPS) is 17.7. The lowest BCUT2D eigenvalue weighted by Gasteiger charge is -2.30. The van der Waals surface area contributed by atoms with E-state index in [1.807, 2.05) is 30.3 Å². The Morgan fingerprint density at radius 3 is 2.49 bits per heavy atom. The van der Waals surface area contributed by atoms with Gasteiger partial charge in [-0.1, -0.05) is 67.3 Å². The van der Waals surface area contributed by atoms with E-state index in [1.54, 1.807) is 31.3 Å². The summed E-state index contributed by atoms with van der Waals surface area (Å²) < 4.78 is 0. The highest BCUT2D eigenvalue weighted by Gasteiger charge is 2.51. The monoisotopic (exact) mass is 496 g/mol. The average Bonchev–Trinajstić information content (AvgIpc) is 3.07. The number of imide groups is 1. The van der Waals surface area contributed by atoms with Crippen molar-refractivity contribution in [1.82, 2.24) is 15.5 Å². The largest absolute Gasteiger partial charge is 0.342 e. The minimum atomic E-state index is -0.904. The Bertz CT molecular complexity index is 1120. The molecule has 1 saturated heterocycles. The average molecular weight is 497 g/mol. The number of likely N-dealkylation sites (N-methyl/N-ethyl adjacent to an activating group) is 1. The smallest absolute Gasteiger partial charge is 0.325 e. The van der Waals surface area contributed by atoms with E-state index in [-0.39, 0.29) is 18.2 Å². The van der Waals surface area contributed by atoms with E-state index >= 15 is 0 Å². The first-order valence-electron chi connectivity index (χ1n) is 11.8. The van der Waals surface area contributed by atoms with E-state index in [4.69, 9.17) is 11.6 Å². The topological polar surface area (TPSA) is 98.8 Å². The lowest BCUT2D eigenvalue weighted by atomic mass is 9.82. The van der Waals surface area contributed by atoms with Crippen LogP contribution in [0, 0.1) is 0 Å². The molecule has 0 radical (unpaired) electrons. The number of nitrogens with one attached hydrogen (secondary N) is 2. The van der Waals surface area contributed by atoms with Crippen LogP contribution in [0.3, 0.4) is 0 Å². The number of carbonyl (C=O) groups is 4. The molecule has 2 aliphatic rings. The van der Waals surface area contributed by atoms with Crippen molar-refractivity contribution < 1.29 is 19.2 Å². The molecule has 4 rings (SSSR count). The summed E-state index contributed by atoms with van der Waals surface area (Å²) in [4.78, 5) is 54.4. The van der Waals surface area contributed by atoms with Crippen molar-refractivity contribution in [1.29, 1.82) is 0 Å². The quantitative estimate of drug-likeness (QED) is 0.574. The van der Waals surface area contributed by atoms with Crippen molar-refractivity contribution in [3.8, 4) is 0 Å². The number of carbonyl (C=O) groups excluding carboxylic acids is 4. The minimum Gasteiger partial charge on any atom is -0.342 e. The lowest BCUT2D eigenvalue weighted by molar-refractivity contribution is -0.136. The molecule has 0 aromatic heterocycles. The number of hydrogen-bond acceptors (Lipinski definition) is 4. The first kappa shape index (κ1) is 24.7. The summed E-state index contributed by atoms with van der Waals surface area (Å²) in [5.41, 5.74) is 0.548. The van der Waals surface area contributed by atoms with E-state index in [0.29, 0.717) is 23.6 Å². The predicted octanol–water partition coefficient (Wildman–Crippen LogP) is 3.29. The fourth-order valence-electron chi connectivity index (χ4n) is 4.79. The van der Waals surface area contributed by atoms with E-state index < -0.39 is 30.1 Å². The molecule has 2 fully saturated rings. The van der Waals surface area contributed by atoms with Crippen LogP contribution < -0.4 is 15.5 Å². The molecule has 5 amide bonds. The van der Waals surface area contributed by atoms with Crippen molar-refractivity contribution in [3.05, 3.63) is 65.2 Å². The third-order valence-corrected chi connectivity index (χ3v) is 6.93. The first-order valence-corrected chi connectivity index (χ1v) is 12.2. The summed E-state index contributed by atoms with van der Waals surface area (Å²) in [6.07, 6.45) is 4.14. The van der Waals surface area contributed by atoms with Gasteiger partial charge >= 0.3 is 6.03 Å². The maximum Gasteiger partial charge on any atom is 0.325 e. The number of halogens is 1. The first-order chi connectivity index (χ1) is 16.8. The molecule has 2 N–H and O–H groups in total. The summed E-state index contributed by atoms with van der Waals surface area (Å²) in [5.74, 6) is -1.28. The maximum atomic E-state index is 13.4. The van der Waals surface area contributed by atoms with Crippen molar-refractivity contribution in [2.75, 3.05) is 18.5 Å². The maximum absolute atomic E-state index is 13.4. The molecule has 0 bridgehead atoms. The van der Waals surface area contributed by atoms with Crippen LogP contribution in [-0.4, -0.2) is 53.8 Å². The highest BCUT2D eigenvalue weighted by Crippen LogP contribution is 2.33. The molecule has 8 nitrogen and oxygen atoms in total. The zero-order valence-electron chi connectivity index (χ0n) is 19.6. The van der Waals surface area contributed by atoms with E-state index in [1.165, 1.54) is 4.90 Å². The van der Waals surface area contributed by atoms with Crippen LogP contribution in [0.15, 0.2) is 54.6 Å². The summed E-state index contributed by atoms with van der Waals surface area (Å²) in [6, 6.07) is 14.7. The predicted molar refractivity (Wildman–Crippen MR) is 133 cm³/mol. The lowest BCUT2D eigenvalue weighted by Crippen LogP contribution is -2.52. The molecule has 2 aromatic rings. The van der Waals surface area contributed by atoms with Gasteiger partial charge in [0.05, 0.1) is 0 Å².